The Morgan fingerprint density at radius 3 is 2.52 bits per heavy atom. The van der Waals surface area contributed by atoms with E-state index in [0.29, 0.717) is 24.1 Å². The number of carbonyl (C=O) groups is 1. The minimum Gasteiger partial charge on any atom is -0.299 e. The van der Waals surface area contributed by atoms with Crippen LogP contribution in [0.25, 0.3) is 10.9 Å². The molecule has 1 aromatic heterocycles. The molecule has 1 atom stereocenters. The Balaban J connectivity index is 1.80. The number of hydrogen-bond acceptors (Lipinski definition) is 3. The topological polar surface area (TPSA) is 56.1 Å². The predicted molar refractivity (Wildman–Crippen MR) is 106 cm³/mol. The first-order valence-corrected chi connectivity index (χ1v) is 10.8. The molecule has 1 aliphatic carbocycles. The summed E-state index contributed by atoms with van der Waals surface area (Å²) in [6.45, 7) is 1.93. The summed E-state index contributed by atoms with van der Waals surface area (Å²) in [5.41, 5.74) is 2.61. The van der Waals surface area contributed by atoms with Gasteiger partial charge in [0.2, 0.25) is 0 Å². The number of hydrogen-bond donors (Lipinski definition) is 0. The molecule has 0 N–H and O–H groups in total. The van der Waals surface area contributed by atoms with Crippen molar-refractivity contribution < 1.29 is 13.2 Å². The van der Waals surface area contributed by atoms with E-state index in [1.165, 1.54) is 3.97 Å². The first kappa shape index (κ1) is 18.0. The lowest BCUT2D eigenvalue weighted by Gasteiger charge is -2.19. The molecule has 0 spiro atoms. The number of aromatic nitrogens is 1. The number of benzene rings is 2. The van der Waals surface area contributed by atoms with Crippen molar-refractivity contribution >= 4 is 26.7 Å². The minimum absolute atomic E-state index is 0.0000788. The van der Waals surface area contributed by atoms with Crippen LogP contribution in [-0.2, 0) is 21.2 Å². The van der Waals surface area contributed by atoms with E-state index in [1.54, 1.807) is 30.5 Å². The van der Waals surface area contributed by atoms with Gasteiger partial charge in [-0.3, -0.25) is 4.79 Å². The van der Waals surface area contributed by atoms with Gasteiger partial charge in [-0.05, 0) is 49.9 Å². The molecule has 0 saturated heterocycles. The lowest BCUT2D eigenvalue weighted by molar-refractivity contribution is -0.124. The van der Waals surface area contributed by atoms with E-state index in [1.807, 2.05) is 31.2 Å². The SMILES string of the molecule is Cc1ccc(S(=O)(=O)n2cc(CC3CCCCC3=O)c3ccccc32)cc1. The van der Waals surface area contributed by atoms with Gasteiger partial charge in [-0.15, -0.1) is 0 Å². The molecule has 2 aromatic carbocycles. The molecule has 0 amide bonds. The van der Waals surface area contributed by atoms with Crippen LogP contribution < -0.4 is 0 Å². The van der Waals surface area contributed by atoms with Crippen molar-refractivity contribution in [3.63, 3.8) is 0 Å². The van der Waals surface area contributed by atoms with Crippen LogP contribution in [0.3, 0.4) is 0 Å². The van der Waals surface area contributed by atoms with Gasteiger partial charge in [-0.2, -0.15) is 0 Å². The molecule has 4 nitrogen and oxygen atoms in total. The number of ketones is 1. The third-order valence-corrected chi connectivity index (χ3v) is 7.17. The molecule has 27 heavy (non-hydrogen) atoms. The molecule has 5 heteroatoms. The zero-order chi connectivity index (χ0) is 19.0. The Hall–Kier alpha value is -2.40. The molecular formula is C22H23NO3S. The lowest BCUT2D eigenvalue weighted by atomic mass is 9.84. The summed E-state index contributed by atoms with van der Waals surface area (Å²) in [5.74, 6) is 0.305. The molecule has 140 valence electrons. The average molecular weight is 381 g/mol. The van der Waals surface area contributed by atoms with Gasteiger partial charge in [-0.25, -0.2) is 12.4 Å². The van der Waals surface area contributed by atoms with Gasteiger partial charge in [0, 0.05) is 23.9 Å². The van der Waals surface area contributed by atoms with Crippen LogP contribution in [0.4, 0.5) is 0 Å². The third-order valence-electron chi connectivity index (χ3n) is 5.49. The first-order chi connectivity index (χ1) is 13.0. The molecule has 1 saturated carbocycles. The Morgan fingerprint density at radius 1 is 1.04 bits per heavy atom. The third kappa shape index (κ3) is 3.32. The summed E-state index contributed by atoms with van der Waals surface area (Å²) in [5, 5.41) is 0.909. The van der Waals surface area contributed by atoms with Crippen LogP contribution >= 0.6 is 0 Å². The molecule has 0 radical (unpaired) electrons. The Labute approximate surface area is 159 Å². The molecule has 0 aliphatic heterocycles. The number of Topliss-reactive ketones (excluding diaryl/α,β-unsaturated/α-hetero) is 1. The van der Waals surface area contributed by atoms with Crippen molar-refractivity contribution in [1.82, 2.24) is 3.97 Å². The summed E-state index contributed by atoms with van der Waals surface area (Å²) >= 11 is 0. The monoisotopic (exact) mass is 381 g/mol. The molecule has 4 rings (SSSR count). The zero-order valence-corrected chi connectivity index (χ0v) is 16.2. The van der Waals surface area contributed by atoms with Gasteiger partial charge < -0.3 is 0 Å². The number of aryl methyl sites for hydroxylation is 1. The maximum atomic E-state index is 13.2. The Bertz CT molecular complexity index is 1090. The molecule has 3 aromatic rings. The standard InChI is InChI=1S/C22H23NO3S/c1-16-10-12-19(13-11-16)27(25,26)23-15-18(20-7-3-4-8-21(20)23)14-17-6-2-5-9-22(17)24/h3-4,7-8,10-13,15,17H,2,5-6,9,14H2,1H3. The number of nitrogens with zero attached hydrogens (tertiary/aromatic N) is 1. The van der Waals surface area contributed by atoms with Crippen molar-refractivity contribution in [3.05, 3.63) is 65.9 Å². The van der Waals surface area contributed by atoms with Gasteiger partial charge in [-0.1, -0.05) is 42.3 Å². The minimum atomic E-state index is -3.68. The number of carbonyl (C=O) groups excluding carboxylic acids is 1. The quantitative estimate of drug-likeness (QED) is 0.669. The second-order valence-electron chi connectivity index (χ2n) is 7.40. The van der Waals surface area contributed by atoms with Gasteiger partial charge >= 0.3 is 0 Å². The second kappa shape index (κ2) is 6.97. The Morgan fingerprint density at radius 2 is 1.78 bits per heavy atom. The lowest BCUT2D eigenvalue weighted by Crippen LogP contribution is -2.21. The highest BCUT2D eigenvalue weighted by molar-refractivity contribution is 7.90. The van der Waals surface area contributed by atoms with Crippen LogP contribution in [-0.4, -0.2) is 18.2 Å². The fourth-order valence-electron chi connectivity index (χ4n) is 3.94. The van der Waals surface area contributed by atoms with Gasteiger partial charge in [0.15, 0.2) is 0 Å². The number of fused-ring (bicyclic) bond motifs is 1. The van der Waals surface area contributed by atoms with E-state index in [9.17, 15) is 13.2 Å². The van der Waals surface area contributed by atoms with Gasteiger partial charge in [0.1, 0.15) is 5.78 Å². The second-order valence-corrected chi connectivity index (χ2v) is 9.21. The highest BCUT2D eigenvalue weighted by Gasteiger charge is 2.26. The van der Waals surface area contributed by atoms with Crippen LogP contribution in [0.15, 0.2) is 59.6 Å². The van der Waals surface area contributed by atoms with Crippen LogP contribution in [0.1, 0.15) is 36.8 Å². The van der Waals surface area contributed by atoms with Crippen molar-refractivity contribution in [3.8, 4) is 0 Å². The first-order valence-electron chi connectivity index (χ1n) is 9.41. The fraction of sp³-hybridized carbons (Fsp3) is 0.318. The van der Waals surface area contributed by atoms with Crippen LogP contribution in [0.5, 0.6) is 0 Å². The van der Waals surface area contributed by atoms with E-state index >= 15 is 0 Å². The van der Waals surface area contributed by atoms with Crippen LogP contribution in [0.2, 0.25) is 0 Å². The van der Waals surface area contributed by atoms with E-state index < -0.39 is 10.0 Å². The van der Waals surface area contributed by atoms with E-state index in [2.05, 4.69) is 0 Å². The highest BCUT2D eigenvalue weighted by Crippen LogP contribution is 2.31. The maximum Gasteiger partial charge on any atom is 0.268 e. The molecule has 1 heterocycles. The molecular weight excluding hydrogens is 358 g/mol. The van der Waals surface area contributed by atoms with Gasteiger partial charge in [0.05, 0.1) is 10.4 Å². The van der Waals surface area contributed by atoms with Crippen molar-refractivity contribution in [2.45, 2.75) is 43.9 Å². The highest BCUT2D eigenvalue weighted by atomic mass is 32.2. The van der Waals surface area contributed by atoms with Crippen LogP contribution in [0, 0.1) is 12.8 Å². The number of para-hydroxylation sites is 1. The van der Waals surface area contributed by atoms with Crippen molar-refractivity contribution in [2.24, 2.45) is 5.92 Å². The zero-order valence-electron chi connectivity index (χ0n) is 15.4. The maximum absolute atomic E-state index is 13.2. The van der Waals surface area contributed by atoms with Crippen molar-refractivity contribution in [1.29, 1.82) is 0 Å². The van der Waals surface area contributed by atoms with E-state index in [4.69, 9.17) is 0 Å². The summed E-state index contributed by atoms with van der Waals surface area (Å²) in [6.07, 6.45) is 5.89. The molecule has 1 fully saturated rings. The Kier molecular flexibility index (Phi) is 4.64. The smallest absolute Gasteiger partial charge is 0.268 e. The van der Waals surface area contributed by atoms with E-state index in [-0.39, 0.29) is 10.8 Å². The average Bonchev–Trinajstić information content (AvgIpc) is 3.04. The van der Waals surface area contributed by atoms with E-state index in [0.717, 1.165) is 35.8 Å². The molecule has 0 bridgehead atoms. The molecule has 1 unspecified atom stereocenters. The number of rotatable bonds is 4. The largest absolute Gasteiger partial charge is 0.299 e. The summed E-state index contributed by atoms with van der Waals surface area (Å²) in [4.78, 5) is 12.5. The summed E-state index contributed by atoms with van der Waals surface area (Å²) in [6, 6.07) is 14.4. The summed E-state index contributed by atoms with van der Waals surface area (Å²) in [7, 11) is -3.68. The predicted octanol–water partition coefficient (Wildman–Crippen LogP) is 4.49. The normalized spacial score (nSPS) is 18.1. The van der Waals surface area contributed by atoms with Crippen molar-refractivity contribution in [2.75, 3.05) is 0 Å². The summed E-state index contributed by atoms with van der Waals surface area (Å²) < 4.78 is 27.8. The van der Waals surface area contributed by atoms with Gasteiger partial charge in [0.25, 0.3) is 10.0 Å². The fourth-order valence-corrected chi connectivity index (χ4v) is 5.33. The molecule has 1 aliphatic rings.